The number of carbonyl (C=O) groups excluding carboxylic acids is 1. The minimum absolute atomic E-state index is 0.109. The van der Waals surface area contributed by atoms with Crippen LogP contribution in [0.15, 0.2) is 28.7 Å². The standard InChI is InChI=1S/C11H13N3O2/c1-7(10(15)12-2)13-11-14-8-5-3-4-6-9(8)16-11/h3-7H,1-2H3,(H,12,15)(H,13,14). The van der Waals surface area contributed by atoms with Crippen LogP contribution in [-0.2, 0) is 4.79 Å². The van der Waals surface area contributed by atoms with E-state index in [9.17, 15) is 4.79 Å². The summed E-state index contributed by atoms with van der Waals surface area (Å²) in [5, 5.41) is 5.44. The fraction of sp³-hybridized carbons (Fsp3) is 0.273. The predicted octanol–water partition coefficient (Wildman–Crippen LogP) is 1.37. The molecule has 1 aromatic carbocycles. The molecule has 2 aromatic rings. The van der Waals surface area contributed by atoms with Crippen LogP contribution in [0.3, 0.4) is 0 Å². The second-order valence-corrected chi connectivity index (χ2v) is 3.47. The summed E-state index contributed by atoms with van der Waals surface area (Å²) >= 11 is 0. The molecule has 2 N–H and O–H groups in total. The Bertz CT molecular complexity index is 474. The number of rotatable bonds is 3. The number of carbonyl (C=O) groups is 1. The average molecular weight is 219 g/mol. The van der Waals surface area contributed by atoms with E-state index in [-0.39, 0.29) is 11.9 Å². The Morgan fingerprint density at radius 2 is 2.19 bits per heavy atom. The Hall–Kier alpha value is -2.04. The maximum Gasteiger partial charge on any atom is 0.296 e. The molecule has 5 heteroatoms. The lowest BCUT2D eigenvalue weighted by molar-refractivity contribution is -0.121. The van der Waals surface area contributed by atoms with Gasteiger partial charge >= 0.3 is 0 Å². The molecular formula is C11H13N3O2. The Labute approximate surface area is 92.8 Å². The zero-order valence-corrected chi connectivity index (χ0v) is 9.15. The van der Waals surface area contributed by atoms with E-state index in [0.29, 0.717) is 11.6 Å². The maximum atomic E-state index is 11.3. The summed E-state index contributed by atoms with van der Waals surface area (Å²) in [6.45, 7) is 1.74. The van der Waals surface area contributed by atoms with Gasteiger partial charge in [0.2, 0.25) is 5.91 Å². The van der Waals surface area contributed by atoms with Gasteiger partial charge in [0.15, 0.2) is 5.58 Å². The number of nitrogens with zero attached hydrogens (tertiary/aromatic N) is 1. The van der Waals surface area contributed by atoms with Crippen molar-refractivity contribution in [3.8, 4) is 0 Å². The first-order valence-corrected chi connectivity index (χ1v) is 5.04. The number of oxazole rings is 1. The molecule has 0 saturated carbocycles. The number of para-hydroxylation sites is 2. The summed E-state index contributed by atoms with van der Waals surface area (Å²) in [4.78, 5) is 15.5. The lowest BCUT2D eigenvalue weighted by Crippen LogP contribution is -2.35. The van der Waals surface area contributed by atoms with Crippen molar-refractivity contribution in [2.45, 2.75) is 13.0 Å². The Balaban J connectivity index is 2.18. The molecule has 0 aliphatic rings. The second kappa shape index (κ2) is 4.22. The number of benzene rings is 1. The molecule has 1 heterocycles. The van der Waals surface area contributed by atoms with Gasteiger partial charge in [-0.25, -0.2) is 0 Å². The Morgan fingerprint density at radius 3 is 2.88 bits per heavy atom. The predicted molar refractivity (Wildman–Crippen MR) is 61.2 cm³/mol. The normalized spacial score (nSPS) is 12.4. The minimum atomic E-state index is -0.377. The van der Waals surface area contributed by atoms with E-state index in [1.807, 2.05) is 24.3 Å². The molecule has 1 aromatic heterocycles. The first kappa shape index (κ1) is 10.5. The highest BCUT2D eigenvalue weighted by Crippen LogP contribution is 2.18. The maximum absolute atomic E-state index is 11.3. The van der Waals surface area contributed by atoms with Crippen LogP contribution in [0.25, 0.3) is 11.1 Å². The molecular weight excluding hydrogens is 206 g/mol. The smallest absolute Gasteiger partial charge is 0.296 e. The summed E-state index contributed by atoms with van der Waals surface area (Å²) in [5.41, 5.74) is 1.48. The molecule has 0 spiro atoms. The molecule has 1 amide bonds. The van der Waals surface area contributed by atoms with E-state index in [0.717, 1.165) is 5.52 Å². The SMILES string of the molecule is CNC(=O)C(C)Nc1nc2ccccc2o1. The van der Waals surface area contributed by atoms with Crippen molar-refractivity contribution >= 4 is 23.0 Å². The quantitative estimate of drug-likeness (QED) is 0.818. The minimum Gasteiger partial charge on any atom is -0.424 e. The monoisotopic (exact) mass is 219 g/mol. The van der Waals surface area contributed by atoms with Gasteiger partial charge in [0.25, 0.3) is 6.01 Å². The average Bonchev–Trinajstić information content (AvgIpc) is 2.69. The van der Waals surface area contributed by atoms with Crippen LogP contribution in [0.2, 0.25) is 0 Å². The summed E-state index contributed by atoms with van der Waals surface area (Å²) < 4.78 is 5.43. The molecule has 16 heavy (non-hydrogen) atoms. The van der Waals surface area contributed by atoms with Crippen molar-refractivity contribution in [1.82, 2.24) is 10.3 Å². The highest BCUT2D eigenvalue weighted by molar-refractivity contribution is 5.83. The molecule has 1 atom stereocenters. The molecule has 0 fully saturated rings. The van der Waals surface area contributed by atoms with Crippen LogP contribution in [-0.4, -0.2) is 24.0 Å². The van der Waals surface area contributed by atoms with Gasteiger partial charge < -0.3 is 15.1 Å². The molecule has 2 rings (SSSR count). The number of aromatic nitrogens is 1. The highest BCUT2D eigenvalue weighted by atomic mass is 16.4. The second-order valence-electron chi connectivity index (χ2n) is 3.47. The molecule has 0 radical (unpaired) electrons. The fourth-order valence-electron chi connectivity index (χ4n) is 1.40. The summed E-state index contributed by atoms with van der Waals surface area (Å²) in [6.07, 6.45) is 0. The molecule has 0 aliphatic carbocycles. The van der Waals surface area contributed by atoms with Crippen molar-refractivity contribution in [1.29, 1.82) is 0 Å². The molecule has 84 valence electrons. The van der Waals surface area contributed by atoms with Crippen molar-refractivity contribution in [3.63, 3.8) is 0 Å². The summed E-state index contributed by atoms with van der Waals surface area (Å²) in [7, 11) is 1.59. The van der Waals surface area contributed by atoms with Gasteiger partial charge in [-0.15, -0.1) is 0 Å². The topological polar surface area (TPSA) is 67.2 Å². The first-order valence-electron chi connectivity index (χ1n) is 5.04. The number of amides is 1. The van der Waals surface area contributed by atoms with Crippen molar-refractivity contribution < 1.29 is 9.21 Å². The molecule has 0 saturated heterocycles. The van der Waals surface area contributed by atoms with E-state index in [1.165, 1.54) is 0 Å². The van der Waals surface area contributed by atoms with E-state index in [2.05, 4.69) is 15.6 Å². The highest BCUT2D eigenvalue weighted by Gasteiger charge is 2.13. The molecule has 1 unspecified atom stereocenters. The van der Waals surface area contributed by atoms with E-state index < -0.39 is 0 Å². The Kier molecular flexibility index (Phi) is 2.76. The van der Waals surface area contributed by atoms with Gasteiger partial charge in [0.1, 0.15) is 11.6 Å². The van der Waals surface area contributed by atoms with Gasteiger partial charge in [-0.05, 0) is 19.1 Å². The van der Waals surface area contributed by atoms with E-state index in [1.54, 1.807) is 14.0 Å². The molecule has 0 bridgehead atoms. The number of anilines is 1. The van der Waals surface area contributed by atoms with Gasteiger partial charge in [-0.3, -0.25) is 4.79 Å². The number of likely N-dealkylation sites (N-methyl/N-ethyl adjacent to an activating group) is 1. The van der Waals surface area contributed by atoms with Crippen molar-refractivity contribution in [2.24, 2.45) is 0 Å². The van der Waals surface area contributed by atoms with Crippen LogP contribution >= 0.6 is 0 Å². The van der Waals surface area contributed by atoms with Crippen LogP contribution < -0.4 is 10.6 Å². The van der Waals surface area contributed by atoms with Gasteiger partial charge in [-0.2, -0.15) is 4.98 Å². The number of fused-ring (bicyclic) bond motifs is 1. The third-order valence-electron chi connectivity index (χ3n) is 2.27. The van der Waals surface area contributed by atoms with Gasteiger partial charge in [0.05, 0.1) is 0 Å². The first-order chi connectivity index (χ1) is 7.70. The van der Waals surface area contributed by atoms with Crippen LogP contribution in [0.4, 0.5) is 6.01 Å². The molecule has 5 nitrogen and oxygen atoms in total. The van der Waals surface area contributed by atoms with Gasteiger partial charge in [-0.1, -0.05) is 12.1 Å². The van der Waals surface area contributed by atoms with Crippen LogP contribution in [0.1, 0.15) is 6.92 Å². The lowest BCUT2D eigenvalue weighted by atomic mass is 10.3. The fourth-order valence-corrected chi connectivity index (χ4v) is 1.40. The van der Waals surface area contributed by atoms with E-state index in [4.69, 9.17) is 4.42 Å². The van der Waals surface area contributed by atoms with Crippen molar-refractivity contribution in [3.05, 3.63) is 24.3 Å². The zero-order valence-electron chi connectivity index (χ0n) is 9.15. The largest absolute Gasteiger partial charge is 0.424 e. The Morgan fingerprint density at radius 1 is 1.44 bits per heavy atom. The lowest BCUT2D eigenvalue weighted by Gasteiger charge is -2.09. The third-order valence-corrected chi connectivity index (χ3v) is 2.27. The zero-order chi connectivity index (χ0) is 11.5. The molecule has 0 aliphatic heterocycles. The summed E-state index contributed by atoms with van der Waals surface area (Å²) in [6, 6.07) is 7.43. The third kappa shape index (κ3) is 1.98. The number of hydrogen-bond donors (Lipinski definition) is 2. The number of nitrogens with one attached hydrogen (secondary N) is 2. The van der Waals surface area contributed by atoms with E-state index >= 15 is 0 Å². The summed E-state index contributed by atoms with van der Waals surface area (Å²) in [5.74, 6) is -0.109. The van der Waals surface area contributed by atoms with Crippen LogP contribution in [0.5, 0.6) is 0 Å². The van der Waals surface area contributed by atoms with Gasteiger partial charge in [0, 0.05) is 7.05 Å². The van der Waals surface area contributed by atoms with Crippen LogP contribution in [0, 0.1) is 0 Å². The number of hydrogen-bond acceptors (Lipinski definition) is 4. The van der Waals surface area contributed by atoms with Crippen molar-refractivity contribution in [2.75, 3.05) is 12.4 Å².